The maximum Gasteiger partial charge on any atom is 0.126 e. The predicted molar refractivity (Wildman–Crippen MR) is 51.5 cm³/mol. The van der Waals surface area contributed by atoms with Gasteiger partial charge in [0.25, 0.3) is 0 Å². The first-order valence-corrected chi connectivity index (χ1v) is 4.69. The highest BCUT2D eigenvalue weighted by atomic mass is 16.5. The molecule has 1 aliphatic carbocycles. The summed E-state index contributed by atoms with van der Waals surface area (Å²) in [5, 5.41) is 0. The highest BCUT2D eigenvalue weighted by Crippen LogP contribution is 2.27. The third-order valence-electron chi connectivity index (χ3n) is 2.46. The molecule has 70 valence electrons. The van der Waals surface area contributed by atoms with Crippen LogP contribution in [-0.2, 0) is 0 Å². The first-order valence-electron chi connectivity index (χ1n) is 4.69. The Balaban J connectivity index is 1.86. The van der Waals surface area contributed by atoms with Crippen LogP contribution >= 0.6 is 0 Å². The zero-order valence-electron chi connectivity index (χ0n) is 7.57. The lowest BCUT2D eigenvalue weighted by Crippen LogP contribution is -2.19. The highest BCUT2D eigenvalue weighted by Gasteiger charge is 2.17. The van der Waals surface area contributed by atoms with E-state index in [9.17, 15) is 0 Å². The summed E-state index contributed by atoms with van der Waals surface area (Å²) in [5.41, 5.74) is 5.52. The third kappa shape index (κ3) is 2.11. The van der Waals surface area contributed by atoms with Crippen LogP contribution in [0.25, 0.3) is 0 Å². The summed E-state index contributed by atoms with van der Waals surface area (Å²) in [6, 6.07) is 3.60. The fourth-order valence-electron chi connectivity index (χ4n) is 1.39. The molecular formula is C10H14N2O. The molecule has 1 aliphatic rings. The molecule has 0 unspecified atom stereocenters. The quantitative estimate of drug-likeness (QED) is 0.768. The van der Waals surface area contributed by atoms with E-state index in [1.165, 1.54) is 19.3 Å². The minimum Gasteiger partial charge on any atom is -0.493 e. The molecule has 13 heavy (non-hydrogen) atoms. The molecule has 3 nitrogen and oxygen atoms in total. The largest absolute Gasteiger partial charge is 0.493 e. The SMILES string of the molecule is Nc1cc(OCC2CCC2)ccn1. The van der Waals surface area contributed by atoms with Gasteiger partial charge in [0.15, 0.2) is 0 Å². The van der Waals surface area contributed by atoms with Crippen molar-refractivity contribution in [3.63, 3.8) is 0 Å². The van der Waals surface area contributed by atoms with Gasteiger partial charge in [0.2, 0.25) is 0 Å². The molecule has 0 saturated heterocycles. The zero-order valence-corrected chi connectivity index (χ0v) is 7.57. The molecule has 2 N–H and O–H groups in total. The second-order valence-corrected chi connectivity index (χ2v) is 3.52. The molecule has 0 atom stereocenters. The second kappa shape index (κ2) is 3.64. The molecule has 3 heteroatoms. The van der Waals surface area contributed by atoms with Crippen LogP contribution in [0.3, 0.4) is 0 Å². The molecule has 2 rings (SSSR count). The van der Waals surface area contributed by atoms with Gasteiger partial charge >= 0.3 is 0 Å². The van der Waals surface area contributed by atoms with Crippen LogP contribution in [0.2, 0.25) is 0 Å². The molecule has 0 amide bonds. The maximum atomic E-state index is 5.57. The van der Waals surface area contributed by atoms with E-state index in [1.54, 1.807) is 12.3 Å². The van der Waals surface area contributed by atoms with Crippen molar-refractivity contribution >= 4 is 5.82 Å². The molecule has 0 bridgehead atoms. The van der Waals surface area contributed by atoms with Gasteiger partial charge in [-0.1, -0.05) is 6.42 Å². The Bertz CT molecular complexity index is 284. The third-order valence-corrected chi connectivity index (χ3v) is 2.46. The molecule has 0 spiro atoms. The average Bonchev–Trinajstić information content (AvgIpc) is 2.01. The number of anilines is 1. The van der Waals surface area contributed by atoms with Crippen molar-refractivity contribution in [3.05, 3.63) is 18.3 Å². The van der Waals surface area contributed by atoms with Gasteiger partial charge in [-0.3, -0.25) is 0 Å². The van der Waals surface area contributed by atoms with E-state index >= 15 is 0 Å². The Hall–Kier alpha value is -1.25. The zero-order chi connectivity index (χ0) is 9.10. The Labute approximate surface area is 77.9 Å². The lowest BCUT2D eigenvalue weighted by molar-refractivity contribution is 0.180. The van der Waals surface area contributed by atoms with E-state index in [0.29, 0.717) is 5.82 Å². The van der Waals surface area contributed by atoms with E-state index in [4.69, 9.17) is 10.5 Å². The molecule has 1 fully saturated rings. The Morgan fingerprint density at radius 2 is 2.38 bits per heavy atom. The van der Waals surface area contributed by atoms with Gasteiger partial charge in [-0.05, 0) is 24.8 Å². The average molecular weight is 178 g/mol. The van der Waals surface area contributed by atoms with Crippen LogP contribution in [0.4, 0.5) is 5.82 Å². The van der Waals surface area contributed by atoms with Gasteiger partial charge < -0.3 is 10.5 Å². The number of nitrogens with two attached hydrogens (primary N) is 1. The maximum absolute atomic E-state index is 5.57. The molecule has 1 aromatic heterocycles. The van der Waals surface area contributed by atoms with Crippen LogP contribution in [0.15, 0.2) is 18.3 Å². The monoisotopic (exact) mass is 178 g/mol. The first-order chi connectivity index (χ1) is 6.34. The van der Waals surface area contributed by atoms with E-state index in [1.807, 2.05) is 6.07 Å². The highest BCUT2D eigenvalue weighted by molar-refractivity contribution is 5.35. The van der Waals surface area contributed by atoms with E-state index in [2.05, 4.69) is 4.98 Å². The lowest BCUT2D eigenvalue weighted by atomic mass is 9.86. The fraction of sp³-hybridized carbons (Fsp3) is 0.500. The predicted octanol–water partition coefficient (Wildman–Crippen LogP) is 1.84. The van der Waals surface area contributed by atoms with Crippen molar-refractivity contribution in [1.82, 2.24) is 4.98 Å². The standard InChI is InChI=1S/C10H14N2O/c11-10-6-9(4-5-12-10)13-7-8-2-1-3-8/h4-6,8H,1-3,7H2,(H2,11,12). The lowest BCUT2D eigenvalue weighted by Gasteiger charge is -2.25. The smallest absolute Gasteiger partial charge is 0.126 e. The number of nitrogens with zero attached hydrogens (tertiary/aromatic N) is 1. The number of rotatable bonds is 3. The normalized spacial score (nSPS) is 16.6. The summed E-state index contributed by atoms with van der Waals surface area (Å²) in [4.78, 5) is 3.90. The van der Waals surface area contributed by atoms with Crippen molar-refractivity contribution in [3.8, 4) is 5.75 Å². The van der Waals surface area contributed by atoms with E-state index in [0.717, 1.165) is 18.3 Å². The number of hydrogen-bond acceptors (Lipinski definition) is 3. The topological polar surface area (TPSA) is 48.1 Å². The summed E-state index contributed by atoms with van der Waals surface area (Å²) in [7, 11) is 0. The van der Waals surface area contributed by atoms with Crippen molar-refractivity contribution in [2.45, 2.75) is 19.3 Å². The van der Waals surface area contributed by atoms with Gasteiger partial charge in [-0.2, -0.15) is 0 Å². The minimum absolute atomic E-state index is 0.520. The summed E-state index contributed by atoms with van der Waals surface area (Å²) in [6.45, 7) is 0.823. The van der Waals surface area contributed by atoms with Gasteiger partial charge in [0, 0.05) is 12.3 Å². The minimum atomic E-state index is 0.520. The van der Waals surface area contributed by atoms with Crippen molar-refractivity contribution in [2.24, 2.45) is 5.92 Å². The van der Waals surface area contributed by atoms with Crippen molar-refractivity contribution < 1.29 is 4.74 Å². The molecule has 1 heterocycles. The Kier molecular flexibility index (Phi) is 2.34. The van der Waals surface area contributed by atoms with Crippen LogP contribution in [-0.4, -0.2) is 11.6 Å². The summed E-state index contributed by atoms with van der Waals surface area (Å²) >= 11 is 0. The van der Waals surface area contributed by atoms with Crippen LogP contribution < -0.4 is 10.5 Å². The number of hydrogen-bond donors (Lipinski definition) is 1. The summed E-state index contributed by atoms with van der Waals surface area (Å²) in [6.07, 6.45) is 5.64. The number of ether oxygens (including phenoxy) is 1. The van der Waals surface area contributed by atoms with Gasteiger partial charge in [0.1, 0.15) is 11.6 Å². The molecular weight excluding hydrogens is 164 g/mol. The molecule has 0 radical (unpaired) electrons. The summed E-state index contributed by atoms with van der Waals surface area (Å²) < 4.78 is 5.57. The molecule has 1 aromatic rings. The van der Waals surface area contributed by atoms with Crippen LogP contribution in [0.1, 0.15) is 19.3 Å². The second-order valence-electron chi connectivity index (χ2n) is 3.52. The Morgan fingerprint density at radius 1 is 1.54 bits per heavy atom. The molecule has 0 aliphatic heterocycles. The van der Waals surface area contributed by atoms with Crippen LogP contribution in [0, 0.1) is 5.92 Å². The molecule has 1 saturated carbocycles. The van der Waals surface area contributed by atoms with Gasteiger partial charge in [0.05, 0.1) is 6.61 Å². The van der Waals surface area contributed by atoms with Crippen molar-refractivity contribution in [1.29, 1.82) is 0 Å². The van der Waals surface area contributed by atoms with Gasteiger partial charge in [-0.25, -0.2) is 4.98 Å². The van der Waals surface area contributed by atoms with E-state index in [-0.39, 0.29) is 0 Å². The number of pyridine rings is 1. The fourth-order valence-corrected chi connectivity index (χ4v) is 1.39. The van der Waals surface area contributed by atoms with Crippen LogP contribution in [0.5, 0.6) is 5.75 Å². The first kappa shape index (κ1) is 8.35. The Morgan fingerprint density at radius 3 is 3.00 bits per heavy atom. The number of aromatic nitrogens is 1. The van der Waals surface area contributed by atoms with E-state index < -0.39 is 0 Å². The van der Waals surface area contributed by atoms with Crippen molar-refractivity contribution in [2.75, 3.05) is 12.3 Å². The number of nitrogen functional groups attached to an aromatic ring is 1. The summed E-state index contributed by atoms with van der Waals surface area (Å²) in [5.74, 6) is 2.11. The molecule has 0 aromatic carbocycles. The van der Waals surface area contributed by atoms with Gasteiger partial charge in [-0.15, -0.1) is 0 Å².